The Morgan fingerprint density at radius 2 is 1.90 bits per heavy atom. The molecule has 0 saturated heterocycles. The van der Waals surface area contributed by atoms with Crippen molar-refractivity contribution in [3.8, 4) is 0 Å². The van der Waals surface area contributed by atoms with Crippen LogP contribution in [0.1, 0.15) is 35.9 Å². The van der Waals surface area contributed by atoms with Crippen LogP contribution in [0.3, 0.4) is 0 Å². The van der Waals surface area contributed by atoms with Crippen LogP contribution < -0.4 is 0 Å². The lowest BCUT2D eigenvalue weighted by atomic mass is 9.93. The summed E-state index contributed by atoms with van der Waals surface area (Å²) in [6.07, 6.45) is 0.800. The minimum absolute atomic E-state index is 0.0451. The summed E-state index contributed by atoms with van der Waals surface area (Å²) in [5.41, 5.74) is 2.13. The SMILES string of the molecule is CC(C)CN(CC(=O)N1CCc2sccc2C1c1ccc(Cl)cc1)C(=O)C(Cl)Cl. The van der Waals surface area contributed by atoms with Gasteiger partial charge in [-0.15, -0.1) is 11.3 Å². The second kappa shape index (κ2) is 9.69. The number of thiophene rings is 1. The Kier molecular flexibility index (Phi) is 7.49. The molecule has 0 spiro atoms. The Hall–Kier alpha value is -1.27. The molecule has 0 N–H and O–H groups in total. The zero-order valence-corrected chi connectivity index (χ0v) is 19.4. The van der Waals surface area contributed by atoms with Gasteiger partial charge in [0.2, 0.25) is 5.91 Å². The molecule has 2 heterocycles. The molecule has 3 rings (SSSR count). The van der Waals surface area contributed by atoms with Crippen LogP contribution in [0.25, 0.3) is 0 Å². The van der Waals surface area contributed by atoms with Crippen LogP contribution in [0.4, 0.5) is 0 Å². The van der Waals surface area contributed by atoms with E-state index in [1.165, 1.54) is 9.78 Å². The summed E-state index contributed by atoms with van der Waals surface area (Å²) in [5.74, 6) is -0.368. The number of hydrogen-bond acceptors (Lipinski definition) is 3. The summed E-state index contributed by atoms with van der Waals surface area (Å²) < 4.78 is 0. The molecule has 1 unspecified atom stereocenters. The topological polar surface area (TPSA) is 40.6 Å². The molecule has 2 aromatic rings. The number of halogens is 3. The summed E-state index contributed by atoms with van der Waals surface area (Å²) in [5, 5.41) is 2.71. The zero-order valence-electron chi connectivity index (χ0n) is 16.3. The number of alkyl halides is 2. The first-order valence-electron chi connectivity index (χ1n) is 9.46. The highest BCUT2D eigenvalue weighted by Gasteiger charge is 2.34. The van der Waals surface area contributed by atoms with Crippen molar-refractivity contribution in [2.45, 2.75) is 31.1 Å². The summed E-state index contributed by atoms with van der Waals surface area (Å²) >= 11 is 19.4. The third-order valence-electron chi connectivity index (χ3n) is 4.88. The van der Waals surface area contributed by atoms with Crippen molar-refractivity contribution in [2.24, 2.45) is 5.92 Å². The Bertz CT molecular complexity index is 867. The number of nitrogens with zero attached hydrogens (tertiary/aromatic N) is 2. The van der Waals surface area contributed by atoms with Gasteiger partial charge in [-0.3, -0.25) is 9.59 Å². The van der Waals surface area contributed by atoms with Crippen molar-refractivity contribution in [1.29, 1.82) is 0 Å². The summed E-state index contributed by atoms with van der Waals surface area (Å²) in [7, 11) is 0. The van der Waals surface area contributed by atoms with Crippen LogP contribution in [-0.2, 0) is 16.0 Å². The molecular formula is C21H23Cl3N2O2S. The highest BCUT2D eigenvalue weighted by atomic mass is 35.5. The van der Waals surface area contributed by atoms with E-state index in [1.54, 1.807) is 11.3 Å². The Morgan fingerprint density at radius 1 is 1.21 bits per heavy atom. The maximum absolute atomic E-state index is 13.3. The summed E-state index contributed by atoms with van der Waals surface area (Å²) in [4.78, 5) is 29.1. The third-order valence-corrected chi connectivity index (χ3v) is 6.50. The van der Waals surface area contributed by atoms with Crippen molar-refractivity contribution in [3.05, 3.63) is 56.7 Å². The highest BCUT2D eigenvalue weighted by molar-refractivity contribution is 7.10. The fourth-order valence-electron chi connectivity index (χ4n) is 3.65. The van der Waals surface area contributed by atoms with Gasteiger partial charge in [0.05, 0.1) is 12.6 Å². The average Bonchev–Trinajstić information content (AvgIpc) is 3.15. The molecule has 0 aliphatic carbocycles. The predicted octanol–water partition coefficient (Wildman–Crippen LogP) is 5.16. The molecule has 29 heavy (non-hydrogen) atoms. The van der Waals surface area contributed by atoms with Gasteiger partial charge in [0.15, 0.2) is 4.84 Å². The van der Waals surface area contributed by atoms with Crippen LogP contribution in [-0.4, -0.2) is 46.1 Å². The first-order chi connectivity index (χ1) is 13.8. The maximum Gasteiger partial charge on any atom is 0.256 e. The minimum atomic E-state index is -1.18. The molecule has 1 aromatic carbocycles. The summed E-state index contributed by atoms with van der Waals surface area (Å²) in [6, 6.07) is 9.44. The number of amides is 2. The second-order valence-electron chi connectivity index (χ2n) is 7.50. The van der Waals surface area contributed by atoms with Crippen LogP contribution >= 0.6 is 46.1 Å². The van der Waals surface area contributed by atoms with Gasteiger partial charge in [0, 0.05) is 23.0 Å². The van der Waals surface area contributed by atoms with Gasteiger partial charge in [-0.1, -0.05) is 60.8 Å². The number of rotatable bonds is 6. The van der Waals surface area contributed by atoms with E-state index in [-0.39, 0.29) is 24.4 Å². The van der Waals surface area contributed by atoms with Crippen molar-refractivity contribution < 1.29 is 9.59 Å². The van der Waals surface area contributed by atoms with E-state index in [0.29, 0.717) is 18.1 Å². The molecule has 0 fully saturated rings. The monoisotopic (exact) mass is 472 g/mol. The molecule has 1 atom stereocenters. The van der Waals surface area contributed by atoms with Crippen LogP contribution in [0.15, 0.2) is 35.7 Å². The number of carbonyl (C=O) groups is 2. The lowest BCUT2D eigenvalue weighted by Crippen LogP contribution is -2.48. The van der Waals surface area contributed by atoms with Crippen LogP contribution in [0, 0.1) is 5.92 Å². The van der Waals surface area contributed by atoms with Crippen molar-refractivity contribution >= 4 is 58.0 Å². The number of hydrogen-bond donors (Lipinski definition) is 0. The Labute approximate surface area is 190 Å². The molecule has 1 aromatic heterocycles. The standard InChI is InChI=1S/C21H23Cl3N2O2S/c1-13(2)11-25(21(28)20(23)24)12-18(27)26-9-7-17-16(8-10-29-17)19(26)14-3-5-15(22)6-4-14/h3-6,8,10,13,19-20H,7,9,11-12H2,1-2H3. The normalized spacial score (nSPS) is 16.2. The third kappa shape index (κ3) is 5.26. The first-order valence-corrected chi connectivity index (χ1v) is 11.6. The van der Waals surface area contributed by atoms with E-state index in [4.69, 9.17) is 34.8 Å². The van der Waals surface area contributed by atoms with Gasteiger partial charge in [-0.2, -0.15) is 0 Å². The van der Waals surface area contributed by atoms with Gasteiger partial charge in [-0.25, -0.2) is 0 Å². The molecule has 156 valence electrons. The largest absolute Gasteiger partial charge is 0.331 e. The number of benzene rings is 1. The molecule has 0 saturated carbocycles. The molecule has 1 aliphatic heterocycles. The van der Waals surface area contributed by atoms with E-state index >= 15 is 0 Å². The predicted molar refractivity (Wildman–Crippen MR) is 120 cm³/mol. The average molecular weight is 474 g/mol. The van der Waals surface area contributed by atoms with Crippen molar-refractivity contribution in [1.82, 2.24) is 9.80 Å². The van der Waals surface area contributed by atoms with E-state index in [9.17, 15) is 9.59 Å². The van der Waals surface area contributed by atoms with Gasteiger partial charge in [0.25, 0.3) is 5.91 Å². The Balaban J connectivity index is 1.89. The van der Waals surface area contributed by atoms with Crippen LogP contribution in [0.2, 0.25) is 5.02 Å². The molecule has 0 bridgehead atoms. The van der Waals surface area contributed by atoms with Gasteiger partial charge >= 0.3 is 0 Å². The maximum atomic E-state index is 13.3. The Morgan fingerprint density at radius 3 is 2.52 bits per heavy atom. The van der Waals surface area contributed by atoms with Crippen molar-refractivity contribution in [3.63, 3.8) is 0 Å². The summed E-state index contributed by atoms with van der Waals surface area (Å²) in [6.45, 7) is 4.93. The fourth-order valence-corrected chi connectivity index (χ4v) is 4.96. The van der Waals surface area contributed by atoms with E-state index in [0.717, 1.165) is 17.5 Å². The molecule has 4 nitrogen and oxygen atoms in total. The fraction of sp³-hybridized carbons (Fsp3) is 0.429. The molecule has 8 heteroatoms. The smallest absolute Gasteiger partial charge is 0.256 e. The van der Waals surface area contributed by atoms with Gasteiger partial charge < -0.3 is 9.80 Å². The van der Waals surface area contributed by atoms with Gasteiger partial charge in [0.1, 0.15) is 0 Å². The molecule has 2 amide bonds. The van der Waals surface area contributed by atoms with E-state index in [2.05, 4.69) is 11.4 Å². The lowest BCUT2D eigenvalue weighted by molar-refractivity contribution is -0.141. The molecular weight excluding hydrogens is 451 g/mol. The van der Waals surface area contributed by atoms with Gasteiger partial charge in [-0.05, 0) is 47.0 Å². The van der Waals surface area contributed by atoms with E-state index < -0.39 is 10.7 Å². The molecule has 1 aliphatic rings. The highest BCUT2D eigenvalue weighted by Crippen LogP contribution is 2.38. The lowest BCUT2D eigenvalue weighted by Gasteiger charge is -2.38. The first kappa shape index (κ1) is 22.4. The van der Waals surface area contributed by atoms with Crippen LogP contribution in [0.5, 0.6) is 0 Å². The second-order valence-corrected chi connectivity index (χ2v) is 10.0. The minimum Gasteiger partial charge on any atom is -0.331 e. The number of fused-ring (bicyclic) bond motifs is 1. The van der Waals surface area contributed by atoms with E-state index in [1.807, 2.05) is 43.0 Å². The quantitative estimate of drug-likeness (QED) is 0.543. The van der Waals surface area contributed by atoms with Crippen molar-refractivity contribution in [2.75, 3.05) is 19.6 Å². The molecule has 0 radical (unpaired) electrons. The number of carbonyl (C=O) groups excluding carboxylic acids is 2. The zero-order chi connectivity index (χ0) is 21.1.